The summed E-state index contributed by atoms with van der Waals surface area (Å²) in [5, 5.41) is 6.70. The number of aromatic nitrogens is 1. The largest absolute Gasteiger partial charge is 0.454 e. The molecule has 0 radical (unpaired) electrons. The molecule has 6 nitrogen and oxygen atoms in total. The first-order valence-corrected chi connectivity index (χ1v) is 8.69. The number of anilines is 1. The Hall–Kier alpha value is -3.42. The van der Waals surface area contributed by atoms with Crippen LogP contribution in [0.2, 0.25) is 0 Å². The predicted molar refractivity (Wildman–Crippen MR) is 94.0 cm³/mol. The zero-order chi connectivity index (χ0) is 19.3. The smallest absolute Gasteiger partial charge is 0.236 e. The first-order chi connectivity index (χ1) is 13.5. The van der Waals surface area contributed by atoms with E-state index in [0.29, 0.717) is 35.8 Å². The molecule has 28 heavy (non-hydrogen) atoms. The minimum absolute atomic E-state index is 0.174. The molecule has 1 aliphatic carbocycles. The van der Waals surface area contributed by atoms with Crippen LogP contribution < -0.4 is 14.8 Å². The average Bonchev–Trinajstić information content (AvgIpc) is 3.13. The minimum atomic E-state index is -1.02. The highest BCUT2D eigenvalue weighted by molar-refractivity contribution is 6.01. The van der Waals surface area contributed by atoms with E-state index in [1.54, 1.807) is 18.2 Å². The van der Waals surface area contributed by atoms with Crippen LogP contribution in [0.25, 0.3) is 11.3 Å². The lowest BCUT2D eigenvalue weighted by molar-refractivity contribution is -0.118. The zero-order valence-electron chi connectivity index (χ0n) is 14.5. The highest BCUT2D eigenvalue weighted by Crippen LogP contribution is 2.49. The summed E-state index contributed by atoms with van der Waals surface area (Å²) >= 11 is 0. The van der Waals surface area contributed by atoms with Crippen molar-refractivity contribution in [1.29, 1.82) is 0 Å². The van der Waals surface area contributed by atoms with Crippen LogP contribution in [-0.4, -0.2) is 17.9 Å². The van der Waals surface area contributed by atoms with Crippen LogP contribution in [0.5, 0.6) is 11.5 Å². The number of benzene rings is 2. The van der Waals surface area contributed by atoms with Gasteiger partial charge in [0.25, 0.3) is 0 Å². The summed E-state index contributed by atoms with van der Waals surface area (Å²) in [7, 11) is 0. The number of nitrogens with one attached hydrogen (secondary N) is 1. The summed E-state index contributed by atoms with van der Waals surface area (Å²) < 4.78 is 42.5. The van der Waals surface area contributed by atoms with Crippen LogP contribution in [0.4, 0.5) is 14.5 Å². The van der Waals surface area contributed by atoms with Crippen LogP contribution in [-0.2, 0) is 10.2 Å². The van der Waals surface area contributed by atoms with Gasteiger partial charge in [-0.05, 0) is 43.2 Å². The zero-order valence-corrected chi connectivity index (χ0v) is 14.5. The number of nitrogens with zero attached hydrogens (tertiary/aromatic N) is 1. The number of hydrogen-bond donors (Lipinski definition) is 1. The van der Waals surface area contributed by atoms with Crippen LogP contribution in [0.15, 0.2) is 47.0 Å². The number of carbonyl (C=O) groups excluding carboxylic acids is 1. The van der Waals surface area contributed by atoms with Gasteiger partial charge in [0.1, 0.15) is 0 Å². The van der Waals surface area contributed by atoms with Crippen LogP contribution in [0, 0.1) is 11.6 Å². The molecule has 0 bridgehead atoms. The van der Waals surface area contributed by atoms with Crippen LogP contribution in [0.3, 0.4) is 0 Å². The number of carbonyl (C=O) groups is 1. The summed E-state index contributed by atoms with van der Waals surface area (Å²) in [5.74, 6) is -0.539. The van der Waals surface area contributed by atoms with Gasteiger partial charge in [0.2, 0.25) is 12.7 Å². The summed E-state index contributed by atoms with van der Waals surface area (Å²) in [6.07, 6.45) is 1.19. The summed E-state index contributed by atoms with van der Waals surface area (Å²) in [6.45, 7) is 0.174. The van der Waals surface area contributed by atoms with Gasteiger partial charge in [-0.15, -0.1) is 0 Å². The summed E-state index contributed by atoms with van der Waals surface area (Å²) in [6, 6.07) is 10.3. The first kappa shape index (κ1) is 16.7. The molecule has 1 fully saturated rings. The van der Waals surface area contributed by atoms with Crippen molar-refractivity contribution in [3.05, 3.63) is 59.8 Å². The van der Waals surface area contributed by atoms with Gasteiger partial charge in [0.15, 0.2) is 28.9 Å². The van der Waals surface area contributed by atoms with E-state index in [1.807, 2.05) is 6.07 Å². The van der Waals surface area contributed by atoms with Crippen molar-refractivity contribution in [2.24, 2.45) is 0 Å². The monoisotopic (exact) mass is 384 g/mol. The Morgan fingerprint density at radius 3 is 2.61 bits per heavy atom. The molecular weight excluding hydrogens is 370 g/mol. The molecule has 2 aromatic carbocycles. The molecule has 0 saturated heterocycles. The van der Waals surface area contributed by atoms with Gasteiger partial charge < -0.3 is 19.3 Å². The minimum Gasteiger partial charge on any atom is -0.454 e. The predicted octanol–water partition coefficient (Wildman–Crippen LogP) is 4.02. The van der Waals surface area contributed by atoms with Gasteiger partial charge >= 0.3 is 0 Å². The highest BCUT2D eigenvalue weighted by atomic mass is 19.2. The van der Waals surface area contributed by atoms with Crippen molar-refractivity contribution in [3.63, 3.8) is 0 Å². The molecule has 2 aliphatic rings. The van der Waals surface area contributed by atoms with Gasteiger partial charge in [0, 0.05) is 23.4 Å². The third-order valence-electron chi connectivity index (χ3n) is 5.02. The maximum Gasteiger partial charge on any atom is 0.236 e. The molecule has 142 valence electrons. The lowest BCUT2D eigenvalue weighted by atomic mass is 10.00. The van der Waals surface area contributed by atoms with Crippen molar-refractivity contribution >= 4 is 11.6 Å². The Balaban J connectivity index is 1.38. The maximum atomic E-state index is 13.4. The van der Waals surface area contributed by atoms with Crippen LogP contribution in [0.1, 0.15) is 18.5 Å². The van der Waals surface area contributed by atoms with Gasteiger partial charge in [-0.2, -0.15) is 0 Å². The lowest BCUT2D eigenvalue weighted by Gasteiger charge is -2.12. The summed E-state index contributed by atoms with van der Waals surface area (Å²) in [4.78, 5) is 12.7. The molecule has 0 atom stereocenters. The average molecular weight is 384 g/mol. The van der Waals surface area contributed by atoms with Crippen molar-refractivity contribution in [1.82, 2.24) is 5.16 Å². The molecule has 1 N–H and O–H groups in total. The normalized spacial score (nSPS) is 16.1. The van der Waals surface area contributed by atoms with Crippen molar-refractivity contribution in [3.8, 4) is 22.8 Å². The van der Waals surface area contributed by atoms with E-state index in [2.05, 4.69) is 10.5 Å². The first-order valence-electron chi connectivity index (χ1n) is 8.69. The molecule has 1 aliphatic heterocycles. The molecule has 8 heteroatoms. The second-order valence-electron chi connectivity index (χ2n) is 6.81. The Labute approximate surface area is 158 Å². The topological polar surface area (TPSA) is 73.6 Å². The van der Waals surface area contributed by atoms with E-state index in [-0.39, 0.29) is 18.4 Å². The Morgan fingerprint density at radius 2 is 1.82 bits per heavy atom. The van der Waals surface area contributed by atoms with Gasteiger partial charge in [-0.25, -0.2) is 8.78 Å². The van der Waals surface area contributed by atoms with Gasteiger partial charge in [-0.1, -0.05) is 5.16 Å². The van der Waals surface area contributed by atoms with Crippen molar-refractivity contribution in [2.75, 3.05) is 12.1 Å². The molecule has 1 aromatic heterocycles. The fourth-order valence-corrected chi connectivity index (χ4v) is 3.24. The number of fused-ring (bicyclic) bond motifs is 1. The summed E-state index contributed by atoms with van der Waals surface area (Å²) in [5.41, 5.74) is 0.609. The SMILES string of the molecule is O=C(Nc1ccc(F)c(F)c1)C1(c2cc(-c3ccc4c(c3)OCO4)on2)CC1. The van der Waals surface area contributed by atoms with E-state index in [1.165, 1.54) is 6.07 Å². The second kappa shape index (κ2) is 6.05. The van der Waals surface area contributed by atoms with E-state index in [0.717, 1.165) is 17.7 Å². The Kier molecular flexibility index (Phi) is 3.61. The number of amides is 1. The van der Waals surface area contributed by atoms with Crippen molar-refractivity contribution < 1.29 is 27.6 Å². The Morgan fingerprint density at radius 1 is 1.00 bits per heavy atom. The molecule has 0 unspecified atom stereocenters. The van der Waals surface area contributed by atoms with E-state index >= 15 is 0 Å². The quantitative estimate of drug-likeness (QED) is 0.736. The molecule has 0 spiro atoms. The van der Waals surface area contributed by atoms with Crippen molar-refractivity contribution in [2.45, 2.75) is 18.3 Å². The van der Waals surface area contributed by atoms with E-state index < -0.39 is 17.0 Å². The molecule has 1 amide bonds. The number of rotatable bonds is 4. The molecule has 1 saturated carbocycles. The standard InChI is InChI=1S/C20H14F2N2O4/c21-13-3-2-12(8-14(13)22)23-19(25)20(5-6-20)18-9-16(28-24-18)11-1-4-15-17(7-11)27-10-26-15/h1-4,7-9H,5-6,10H2,(H,23,25). The van der Waals surface area contributed by atoms with Crippen LogP contribution >= 0.6 is 0 Å². The maximum absolute atomic E-state index is 13.4. The molecule has 2 heterocycles. The Bertz CT molecular complexity index is 1090. The van der Waals surface area contributed by atoms with Gasteiger partial charge in [0.05, 0.1) is 11.1 Å². The molecule has 5 rings (SSSR count). The molecular formula is C20H14F2N2O4. The number of hydrogen-bond acceptors (Lipinski definition) is 5. The third kappa shape index (κ3) is 2.69. The van der Waals surface area contributed by atoms with E-state index in [4.69, 9.17) is 14.0 Å². The third-order valence-corrected chi connectivity index (χ3v) is 5.02. The second-order valence-corrected chi connectivity index (χ2v) is 6.81. The lowest BCUT2D eigenvalue weighted by Crippen LogP contribution is -2.28. The number of ether oxygens (including phenoxy) is 2. The van der Waals surface area contributed by atoms with E-state index in [9.17, 15) is 13.6 Å². The highest BCUT2D eigenvalue weighted by Gasteiger charge is 2.54. The fraction of sp³-hybridized carbons (Fsp3) is 0.200. The fourth-order valence-electron chi connectivity index (χ4n) is 3.24. The molecule has 3 aromatic rings. The van der Waals surface area contributed by atoms with Gasteiger partial charge in [-0.3, -0.25) is 4.79 Å². The number of halogens is 2.